The molecule has 0 saturated heterocycles. The van der Waals surface area contributed by atoms with Gasteiger partial charge in [0.05, 0.1) is 6.26 Å². The summed E-state index contributed by atoms with van der Waals surface area (Å²) in [6.45, 7) is 0. The molecule has 1 rings (SSSR count). The fourth-order valence-corrected chi connectivity index (χ4v) is 1.63. The van der Waals surface area contributed by atoms with Crippen LogP contribution in [0.1, 0.15) is 11.7 Å². The summed E-state index contributed by atoms with van der Waals surface area (Å²) >= 11 is 0. The number of rotatable bonds is 4. The lowest BCUT2D eigenvalue weighted by Crippen LogP contribution is -2.25. The molecule has 16 heavy (non-hydrogen) atoms. The first-order chi connectivity index (χ1) is 6.90. The van der Waals surface area contributed by atoms with Crippen molar-refractivity contribution in [1.82, 2.24) is 0 Å². The average molecular weight is 247 g/mol. The predicted octanol–water partition coefficient (Wildman–Crippen LogP) is -0.636. The third kappa shape index (κ3) is 4.39. The van der Waals surface area contributed by atoms with Crippen molar-refractivity contribution >= 4 is 16.0 Å². The lowest BCUT2D eigenvalue weighted by atomic mass is 10.1. The van der Waals surface area contributed by atoms with Gasteiger partial charge in [-0.25, -0.2) is 0 Å². The number of carbonyl (C=O) groups is 1. The van der Waals surface area contributed by atoms with E-state index in [1.807, 2.05) is 0 Å². The summed E-state index contributed by atoms with van der Waals surface area (Å²) in [7, 11) is -3.72. The van der Waals surface area contributed by atoms with Gasteiger partial charge >= 0.3 is 0 Å². The average Bonchev–Trinajstić information content (AvgIpc) is 2.14. The Kier molecular flexibility index (Phi) is 5.09. The molecule has 0 bridgehead atoms. The highest BCUT2D eigenvalue weighted by Gasteiger charge is 2.22. The lowest BCUT2D eigenvalue weighted by Gasteiger charge is -2.12. The van der Waals surface area contributed by atoms with Crippen molar-refractivity contribution in [2.24, 2.45) is 5.73 Å². The maximum atomic E-state index is 11.0. The number of amides is 1. The topological polar surface area (TPSA) is 118 Å². The Bertz CT molecular complexity index is 442. The van der Waals surface area contributed by atoms with E-state index in [0.29, 0.717) is 5.56 Å². The van der Waals surface area contributed by atoms with Crippen LogP contribution in [0.15, 0.2) is 30.3 Å². The SMILES string of the molecule is CS(=O)(=O)OC(C(N)=O)c1ccccc1.O. The molecule has 7 heteroatoms. The zero-order valence-electron chi connectivity index (χ0n) is 8.58. The van der Waals surface area contributed by atoms with Crippen LogP contribution in [0.3, 0.4) is 0 Å². The second-order valence-electron chi connectivity index (χ2n) is 2.99. The first-order valence-electron chi connectivity index (χ1n) is 4.12. The Morgan fingerprint density at radius 3 is 2.19 bits per heavy atom. The molecule has 1 atom stereocenters. The fraction of sp³-hybridized carbons (Fsp3) is 0.222. The summed E-state index contributed by atoms with van der Waals surface area (Å²) in [5.41, 5.74) is 5.46. The zero-order chi connectivity index (χ0) is 11.5. The Morgan fingerprint density at radius 2 is 1.81 bits per heavy atom. The highest BCUT2D eigenvalue weighted by atomic mass is 32.2. The van der Waals surface area contributed by atoms with Gasteiger partial charge in [0, 0.05) is 0 Å². The van der Waals surface area contributed by atoms with E-state index < -0.39 is 22.1 Å². The summed E-state index contributed by atoms with van der Waals surface area (Å²) in [5.74, 6) is -0.841. The van der Waals surface area contributed by atoms with Gasteiger partial charge in [0.25, 0.3) is 16.0 Å². The molecule has 1 aromatic rings. The van der Waals surface area contributed by atoms with Crippen molar-refractivity contribution in [2.75, 3.05) is 6.26 Å². The van der Waals surface area contributed by atoms with Gasteiger partial charge in [0.1, 0.15) is 0 Å². The minimum absolute atomic E-state index is 0. The molecule has 0 aliphatic rings. The van der Waals surface area contributed by atoms with E-state index in [1.165, 1.54) is 0 Å². The van der Waals surface area contributed by atoms with Crippen LogP contribution < -0.4 is 5.73 Å². The largest absolute Gasteiger partial charge is 0.412 e. The molecule has 1 unspecified atom stereocenters. The van der Waals surface area contributed by atoms with Gasteiger partial charge in [0.2, 0.25) is 0 Å². The van der Waals surface area contributed by atoms with Crippen LogP contribution in [0, 0.1) is 0 Å². The maximum Gasteiger partial charge on any atom is 0.265 e. The Morgan fingerprint density at radius 1 is 1.31 bits per heavy atom. The molecule has 1 amide bonds. The van der Waals surface area contributed by atoms with E-state index >= 15 is 0 Å². The van der Waals surface area contributed by atoms with Crippen LogP contribution in [-0.2, 0) is 19.1 Å². The molecule has 90 valence electrons. The molecular formula is C9H13NO5S. The minimum Gasteiger partial charge on any atom is -0.412 e. The van der Waals surface area contributed by atoms with Crippen molar-refractivity contribution in [3.63, 3.8) is 0 Å². The third-order valence-corrected chi connectivity index (χ3v) is 2.17. The number of nitrogens with two attached hydrogens (primary N) is 1. The minimum atomic E-state index is -3.72. The number of hydrogen-bond acceptors (Lipinski definition) is 4. The highest BCUT2D eigenvalue weighted by Crippen LogP contribution is 2.18. The molecule has 0 heterocycles. The van der Waals surface area contributed by atoms with Crippen molar-refractivity contribution < 1.29 is 22.9 Å². The molecule has 6 nitrogen and oxygen atoms in total. The van der Waals surface area contributed by atoms with Gasteiger partial charge in [-0.3, -0.25) is 8.98 Å². The van der Waals surface area contributed by atoms with Gasteiger partial charge in [-0.15, -0.1) is 0 Å². The normalized spacial score (nSPS) is 12.6. The number of carbonyl (C=O) groups excluding carboxylic acids is 1. The second-order valence-corrected chi connectivity index (χ2v) is 4.59. The molecule has 0 fully saturated rings. The van der Waals surface area contributed by atoms with Crippen LogP contribution in [0.25, 0.3) is 0 Å². The Hall–Kier alpha value is -1.44. The van der Waals surface area contributed by atoms with Crippen LogP contribution in [-0.4, -0.2) is 26.1 Å². The molecular weight excluding hydrogens is 234 g/mol. The van der Waals surface area contributed by atoms with E-state index in [0.717, 1.165) is 6.26 Å². The molecule has 0 radical (unpaired) electrons. The van der Waals surface area contributed by atoms with E-state index in [9.17, 15) is 13.2 Å². The predicted molar refractivity (Wildman–Crippen MR) is 57.9 cm³/mol. The highest BCUT2D eigenvalue weighted by molar-refractivity contribution is 7.86. The molecule has 0 aliphatic heterocycles. The standard InChI is InChI=1S/C9H11NO4S.H2O/c1-15(12,13)14-8(9(10)11)7-5-3-2-4-6-7;/h2-6,8H,1H3,(H2,10,11);1H2. The van der Waals surface area contributed by atoms with E-state index in [-0.39, 0.29) is 5.48 Å². The van der Waals surface area contributed by atoms with Crippen LogP contribution in [0.5, 0.6) is 0 Å². The van der Waals surface area contributed by atoms with E-state index in [1.54, 1.807) is 30.3 Å². The summed E-state index contributed by atoms with van der Waals surface area (Å²) in [4.78, 5) is 11.0. The van der Waals surface area contributed by atoms with E-state index in [2.05, 4.69) is 4.18 Å². The zero-order valence-corrected chi connectivity index (χ0v) is 9.40. The van der Waals surface area contributed by atoms with Gasteiger partial charge in [-0.1, -0.05) is 30.3 Å². The quantitative estimate of drug-likeness (QED) is 0.712. The molecule has 0 aromatic heterocycles. The molecule has 4 N–H and O–H groups in total. The van der Waals surface area contributed by atoms with Crippen molar-refractivity contribution in [3.8, 4) is 0 Å². The second kappa shape index (κ2) is 5.59. The lowest BCUT2D eigenvalue weighted by molar-refractivity contribution is -0.124. The summed E-state index contributed by atoms with van der Waals surface area (Å²) in [6, 6.07) is 8.21. The molecule has 1 aromatic carbocycles. The molecule has 0 spiro atoms. The first-order valence-corrected chi connectivity index (χ1v) is 5.94. The monoisotopic (exact) mass is 247 g/mol. The summed E-state index contributed by atoms with van der Waals surface area (Å²) in [6.07, 6.45) is -0.396. The summed E-state index contributed by atoms with van der Waals surface area (Å²) < 4.78 is 26.4. The number of benzene rings is 1. The van der Waals surface area contributed by atoms with Gasteiger partial charge in [-0.05, 0) is 5.56 Å². The van der Waals surface area contributed by atoms with Crippen molar-refractivity contribution in [2.45, 2.75) is 6.10 Å². The van der Waals surface area contributed by atoms with Gasteiger partial charge < -0.3 is 11.2 Å². The van der Waals surface area contributed by atoms with Crippen LogP contribution in [0.4, 0.5) is 0 Å². The van der Waals surface area contributed by atoms with E-state index in [4.69, 9.17) is 5.73 Å². The number of hydrogen-bond donors (Lipinski definition) is 1. The molecule has 0 saturated carbocycles. The smallest absolute Gasteiger partial charge is 0.265 e. The van der Waals surface area contributed by atoms with Gasteiger partial charge in [-0.2, -0.15) is 8.42 Å². The maximum absolute atomic E-state index is 11.0. The Balaban J connectivity index is 0.00000225. The number of primary amides is 1. The fourth-order valence-electron chi connectivity index (χ4n) is 1.07. The van der Waals surface area contributed by atoms with Crippen LogP contribution in [0.2, 0.25) is 0 Å². The summed E-state index contributed by atoms with van der Waals surface area (Å²) in [5, 5.41) is 0. The van der Waals surface area contributed by atoms with Crippen molar-refractivity contribution in [3.05, 3.63) is 35.9 Å². The Labute approximate surface area is 93.5 Å². The van der Waals surface area contributed by atoms with Crippen LogP contribution >= 0.6 is 0 Å². The van der Waals surface area contributed by atoms with Gasteiger partial charge in [0.15, 0.2) is 6.10 Å². The third-order valence-electron chi connectivity index (χ3n) is 1.63. The first kappa shape index (κ1) is 14.6. The van der Waals surface area contributed by atoms with Crippen molar-refractivity contribution in [1.29, 1.82) is 0 Å². The molecule has 0 aliphatic carbocycles.